The van der Waals surface area contributed by atoms with Crippen molar-refractivity contribution in [2.75, 3.05) is 14.2 Å². The third-order valence-corrected chi connectivity index (χ3v) is 7.02. The van der Waals surface area contributed by atoms with Crippen LogP contribution >= 0.6 is 11.3 Å². The van der Waals surface area contributed by atoms with Crippen molar-refractivity contribution in [2.24, 2.45) is 0 Å². The number of urea groups is 1. The van der Waals surface area contributed by atoms with Crippen LogP contribution < -0.4 is 10.1 Å². The summed E-state index contributed by atoms with van der Waals surface area (Å²) in [6.07, 6.45) is 0. The van der Waals surface area contributed by atoms with Gasteiger partial charge in [-0.25, -0.2) is 9.59 Å². The largest absolute Gasteiger partial charge is 0.497 e. The molecule has 0 aliphatic heterocycles. The molecule has 0 radical (unpaired) electrons. The molecule has 170 valence electrons. The lowest BCUT2D eigenvalue weighted by Gasteiger charge is -2.27. The summed E-state index contributed by atoms with van der Waals surface area (Å²) in [5.74, 6) is -0.281. The summed E-state index contributed by atoms with van der Waals surface area (Å²) in [5, 5.41) is 6.80. The van der Waals surface area contributed by atoms with Crippen LogP contribution in [0.25, 0.3) is 20.9 Å². The Morgan fingerprint density at radius 1 is 0.939 bits per heavy atom. The summed E-state index contributed by atoms with van der Waals surface area (Å²) in [6.45, 7) is 3.63. The van der Waals surface area contributed by atoms with Crippen molar-refractivity contribution >= 4 is 44.2 Å². The van der Waals surface area contributed by atoms with Gasteiger partial charge in [-0.2, -0.15) is 0 Å². The Kier molecular flexibility index (Phi) is 6.51. The average Bonchev–Trinajstić information content (AvgIpc) is 3.29. The molecule has 6 nitrogen and oxygen atoms in total. The zero-order valence-corrected chi connectivity index (χ0v) is 19.8. The Hall–Kier alpha value is -3.58. The normalized spacial score (nSPS) is 12.8. The highest BCUT2D eigenvalue weighted by Gasteiger charge is 2.29. The van der Waals surface area contributed by atoms with Crippen LogP contribution in [0.4, 0.5) is 4.79 Å². The SMILES string of the molecule is CNC(=O)N(OC(=O)C(C)c1ccc2cc(OC)ccc2c1)[C@H](C)c1cc2ccccc2s1. The summed E-state index contributed by atoms with van der Waals surface area (Å²) in [4.78, 5) is 32.2. The van der Waals surface area contributed by atoms with Crippen molar-refractivity contribution in [1.82, 2.24) is 10.4 Å². The molecular weight excluding hydrogens is 436 g/mol. The van der Waals surface area contributed by atoms with E-state index in [1.54, 1.807) is 25.4 Å². The highest BCUT2D eigenvalue weighted by atomic mass is 32.1. The van der Waals surface area contributed by atoms with Gasteiger partial charge in [-0.15, -0.1) is 16.4 Å². The summed E-state index contributed by atoms with van der Waals surface area (Å²) in [6, 6.07) is 20.7. The Morgan fingerprint density at radius 3 is 2.39 bits per heavy atom. The number of amides is 2. The topological polar surface area (TPSA) is 67.9 Å². The summed E-state index contributed by atoms with van der Waals surface area (Å²) < 4.78 is 6.39. The number of hydroxylamine groups is 2. The molecule has 7 heteroatoms. The molecule has 1 N–H and O–H groups in total. The summed E-state index contributed by atoms with van der Waals surface area (Å²) >= 11 is 1.57. The Bertz CT molecular complexity index is 1280. The van der Waals surface area contributed by atoms with Gasteiger partial charge in [0, 0.05) is 16.6 Å². The van der Waals surface area contributed by atoms with Gasteiger partial charge in [0.1, 0.15) is 11.8 Å². The van der Waals surface area contributed by atoms with E-state index >= 15 is 0 Å². The lowest BCUT2D eigenvalue weighted by Crippen LogP contribution is -2.41. The van der Waals surface area contributed by atoms with E-state index in [1.165, 1.54) is 7.05 Å². The predicted octanol–water partition coefficient (Wildman–Crippen LogP) is 6.03. The summed E-state index contributed by atoms with van der Waals surface area (Å²) in [7, 11) is 3.15. The van der Waals surface area contributed by atoms with E-state index in [2.05, 4.69) is 5.32 Å². The minimum Gasteiger partial charge on any atom is -0.497 e. The molecule has 0 aliphatic rings. The van der Waals surface area contributed by atoms with Crippen LogP contribution in [0.3, 0.4) is 0 Å². The maximum absolute atomic E-state index is 13.1. The monoisotopic (exact) mass is 462 g/mol. The quantitative estimate of drug-likeness (QED) is 0.368. The fraction of sp³-hybridized carbons (Fsp3) is 0.231. The molecular formula is C26H26N2O4S. The van der Waals surface area contributed by atoms with E-state index in [0.717, 1.165) is 42.1 Å². The number of hydrogen-bond donors (Lipinski definition) is 1. The van der Waals surface area contributed by atoms with Crippen LogP contribution in [0.2, 0.25) is 0 Å². The van der Waals surface area contributed by atoms with E-state index in [0.29, 0.717) is 0 Å². The van der Waals surface area contributed by atoms with Gasteiger partial charge >= 0.3 is 12.0 Å². The Labute approximate surface area is 196 Å². The average molecular weight is 463 g/mol. The maximum atomic E-state index is 13.1. The van der Waals surface area contributed by atoms with Crippen molar-refractivity contribution in [3.8, 4) is 5.75 Å². The number of nitrogens with zero attached hydrogens (tertiary/aromatic N) is 1. The highest BCUT2D eigenvalue weighted by molar-refractivity contribution is 7.19. The van der Waals surface area contributed by atoms with Gasteiger partial charge in [-0.1, -0.05) is 42.5 Å². The molecule has 0 spiro atoms. The van der Waals surface area contributed by atoms with Gasteiger partial charge in [0.15, 0.2) is 0 Å². The van der Waals surface area contributed by atoms with Crippen LogP contribution in [-0.4, -0.2) is 31.2 Å². The van der Waals surface area contributed by atoms with Crippen molar-refractivity contribution in [3.05, 3.63) is 77.2 Å². The standard InChI is InChI=1S/C26H26N2O4S/c1-16(18-9-10-20-14-22(31-4)12-11-19(20)13-18)25(29)32-28(26(30)27-3)17(2)24-15-21-7-5-6-8-23(21)33-24/h5-17H,1-4H3,(H,27,30)/t16?,17-/m1/s1. The lowest BCUT2D eigenvalue weighted by atomic mass is 9.98. The zero-order chi connectivity index (χ0) is 23.5. The number of carbonyl (C=O) groups excluding carboxylic acids is 2. The van der Waals surface area contributed by atoms with Gasteiger partial charge in [0.2, 0.25) is 0 Å². The molecule has 0 aliphatic carbocycles. The molecule has 33 heavy (non-hydrogen) atoms. The number of carbonyl (C=O) groups is 2. The molecule has 1 unspecified atom stereocenters. The van der Waals surface area contributed by atoms with E-state index in [4.69, 9.17) is 9.57 Å². The third-order valence-electron chi connectivity index (χ3n) is 5.74. The number of hydrogen-bond acceptors (Lipinski definition) is 5. The first-order valence-corrected chi connectivity index (χ1v) is 11.5. The smallest absolute Gasteiger partial charge is 0.350 e. The number of methoxy groups -OCH3 is 1. The first-order chi connectivity index (χ1) is 15.9. The fourth-order valence-corrected chi connectivity index (χ4v) is 4.78. The molecule has 0 saturated carbocycles. The van der Waals surface area contributed by atoms with E-state index < -0.39 is 24.0 Å². The minimum absolute atomic E-state index is 0.442. The third kappa shape index (κ3) is 4.64. The molecule has 0 fully saturated rings. The van der Waals surface area contributed by atoms with Crippen LogP contribution in [0.1, 0.15) is 36.2 Å². The number of ether oxygens (including phenoxy) is 1. The first kappa shape index (κ1) is 22.6. The van der Waals surface area contributed by atoms with Gasteiger partial charge in [-0.3, -0.25) is 0 Å². The van der Waals surface area contributed by atoms with Crippen LogP contribution in [0.5, 0.6) is 5.75 Å². The zero-order valence-electron chi connectivity index (χ0n) is 19.0. The van der Waals surface area contributed by atoms with Crippen molar-refractivity contribution in [2.45, 2.75) is 25.8 Å². The van der Waals surface area contributed by atoms with Gasteiger partial charge in [0.05, 0.1) is 13.0 Å². The number of benzene rings is 3. The number of nitrogens with one attached hydrogen (secondary N) is 1. The van der Waals surface area contributed by atoms with Crippen LogP contribution in [0.15, 0.2) is 66.7 Å². The molecule has 3 aromatic carbocycles. The molecule has 0 saturated heterocycles. The van der Waals surface area contributed by atoms with Crippen LogP contribution in [0, 0.1) is 0 Å². The predicted molar refractivity (Wildman–Crippen MR) is 132 cm³/mol. The second-order valence-corrected chi connectivity index (χ2v) is 8.96. The lowest BCUT2D eigenvalue weighted by molar-refractivity contribution is -0.185. The maximum Gasteiger partial charge on any atom is 0.350 e. The minimum atomic E-state index is -0.557. The van der Waals surface area contributed by atoms with E-state index in [-0.39, 0.29) is 0 Å². The molecule has 0 bridgehead atoms. The van der Waals surface area contributed by atoms with E-state index in [9.17, 15) is 9.59 Å². The molecule has 4 aromatic rings. The molecule has 2 amide bonds. The van der Waals surface area contributed by atoms with Gasteiger partial charge in [-0.05, 0) is 59.8 Å². The Balaban J connectivity index is 1.56. The molecule has 4 rings (SSSR count). The second-order valence-electron chi connectivity index (χ2n) is 7.85. The number of fused-ring (bicyclic) bond motifs is 2. The highest BCUT2D eigenvalue weighted by Crippen LogP contribution is 2.33. The van der Waals surface area contributed by atoms with Gasteiger partial charge < -0.3 is 14.9 Å². The van der Waals surface area contributed by atoms with Crippen molar-refractivity contribution in [1.29, 1.82) is 0 Å². The number of rotatable bonds is 5. The van der Waals surface area contributed by atoms with Crippen molar-refractivity contribution < 1.29 is 19.2 Å². The van der Waals surface area contributed by atoms with Crippen molar-refractivity contribution in [3.63, 3.8) is 0 Å². The summed E-state index contributed by atoms with van der Waals surface area (Å²) in [5.41, 5.74) is 0.809. The number of thiophene rings is 1. The van der Waals surface area contributed by atoms with E-state index in [1.807, 2.05) is 73.7 Å². The second kappa shape index (κ2) is 9.50. The van der Waals surface area contributed by atoms with Gasteiger partial charge in [0.25, 0.3) is 0 Å². The molecule has 1 aromatic heterocycles. The molecule has 1 heterocycles. The first-order valence-electron chi connectivity index (χ1n) is 10.7. The van der Waals surface area contributed by atoms with Crippen LogP contribution in [-0.2, 0) is 9.63 Å². The fourth-order valence-electron chi connectivity index (χ4n) is 3.68. The molecule has 2 atom stereocenters. The Morgan fingerprint density at radius 2 is 1.67 bits per heavy atom.